The summed E-state index contributed by atoms with van der Waals surface area (Å²) in [5, 5.41) is 85.5. The van der Waals surface area contributed by atoms with E-state index in [9.17, 15) is 40.2 Å². The largest absolute Gasteiger partial charge is 0.488 e. The second kappa shape index (κ2) is 35.7. The van der Waals surface area contributed by atoms with Gasteiger partial charge >= 0.3 is 28.5 Å². The lowest BCUT2D eigenvalue weighted by atomic mass is 9.79. The Labute approximate surface area is 741 Å². The molecule has 0 saturated heterocycles. The van der Waals surface area contributed by atoms with Gasteiger partial charge in [0.1, 0.15) is 0 Å². The zero-order valence-electron chi connectivity index (χ0n) is 71.4. The summed E-state index contributed by atoms with van der Waals surface area (Å²) in [5.41, 5.74) is 23.2. The summed E-state index contributed by atoms with van der Waals surface area (Å²) in [6.45, 7) is 0. The van der Waals surface area contributed by atoms with E-state index in [-0.39, 0.29) is 29.7 Å². The van der Waals surface area contributed by atoms with Crippen LogP contribution >= 0.6 is 45.3 Å². The summed E-state index contributed by atoms with van der Waals surface area (Å²) >= 11 is 6.92. The smallest absolute Gasteiger partial charge is 0.423 e. The minimum absolute atomic E-state index is 0.195. The molecule has 0 atom stereocenters. The number of hydrogen-bond acceptors (Lipinski definition) is 12. The SMILES string of the molecule is OB(O)c1ccc(-c2cccc3c2sc2c(-c4ccccc4)cccc23)cc1.OB(O)c1cccc(-c2cccc3c2sc2c(-c4cccc(-c5ccccc5)c4)cccc23)c1.OB(O)c1cccc(-c2cccc3c2sc2c(-c4ccccc4-c4ccccc4)cccc23)c1.[2H]c1c([2H])c([2H])c(-c2cccc3c2sc2c(-c4ccc(B(O)O)cc4)cccc23)c([2H])c1[2H]. The maximum absolute atomic E-state index is 9.66. The van der Waals surface area contributed by atoms with E-state index < -0.39 is 34.5 Å². The lowest BCUT2D eigenvalue weighted by Crippen LogP contribution is -2.29. The van der Waals surface area contributed by atoms with E-state index in [1.165, 1.54) is 127 Å². The summed E-state index contributed by atoms with van der Waals surface area (Å²) in [7, 11) is -5.94. The lowest BCUT2D eigenvalue weighted by molar-refractivity contribution is 0.424. The van der Waals surface area contributed by atoms with Crippen molar-refractivity contribution in [1.82, 2.24) is 0 Å². The van der Waals surface area contributed by atoms with Crippen molar-refractivity contribution >= 4 is 176 Å². The molecule has 22 aromatic rings. The van der Waals surface area contributed by atoms with Crippen molar-refractivity contribution in [3.05, 3.63) is 412 Å². The number of fused-ring (bicyclic) bond motifs is 12. The van der Waals surface area contributed by atoms with Crippen LogP contribution in [0.5, 0.6) is 0 Å². The Morgan fingerprint density at radius 1 is 0.161 bits per heavy atom. The van der Waals surface area contributed by atoms with Gasteiger partial charge in [0.05, 0.1) is 6.85 Å². The van der Waals surface area contributed by atoms with Crippen molar-refractivity contribution < 1.29 is 47.0 Å². The first-order chi connectivity index (χ1) is 62.9. The van der Waals surface area contributed by atoms with E-state index in [2.05, 4.69) is 231 Å². The highest BCUT2D eigenvalue weighted by molar-refractivity contribution is 7.28. The predicted octanol–water partition coefficient (Wildman–Crippen LogP) is 23.6. The molecule has 8 nitrogen and oxygen atoms in total. The van der Waals surface area contributed by atoms with Gasteiger partial charge in [-0.3, -0.25) is 0 Å². The molecule has 0 amide bonds. The first kappa shape index (κ1) is 74.6. The van der Waals surface area contributed by atoms with Crippen molar-refractivity contribution in [2.45, 2.75) is 0 Å². The van der Waals surface area contributed by atoms with Crippen LogP contribution in [0.1, 0.15) is 6.85 Å². The summed E-state index contributed by atoms with van der Waals surface area (Å²) in [6, 6.07) is 127. The van der Waals surface area contributed by atoms with Gasteiger partial charge in [-0.25, -0.2) is 0 Å². The molecular formula is C108H76B4O8S4. The Bertz CT molecular complexity index is 7950. The molecular weight excluding hydrogens is 1600 g/mol. The van der Waals surface area contributed by atoms with Gasteiger partial charge in [0, 0.05) is 86.3 Å². The molecule has 4 heterocycles. The highest BCUT2D eigenvalue weighted by Gasteiger charge is 2.23. The average molecular weight is 1680 g/mol. The van der Waals surface area contributed by atoms with Gasteiger partial charge in [-0.15, -0.1) is 45.3 Å². The molecule has 18 aromatic carbocycles. The first-order valence-corrected chi connectivity index (χ1v) is 43.7. The third-order valence-electron chi connectivity index (χ3n) is 22.6. The van der Waals surface area contributed by atoms with Gasteiger partial charge in [0.2, 0.25) is 0 Å². The Morgan fingerprint density at radius 2 is 0.395 bits per heavy atom. The number of thiophene rings is 4. The minimum Gasteiger partial charge on any atom is -0.423 e. The van der Waals surface area contributed by atoms with E-state index in [4.69, 9.17) is 6.85 Å². The molecule has 0 fully saturated rings. The summed E-state index contributed by atoms with van der Waals surface area (Å²) < 4.78 is 50.1. The summed E-state index contributed by atoms with van der Waals surface area (Å²) in [5.74, 6) is 0. The molecule has 16 heteroatoms. The maximum atomic E-state index is 9.66. The van der Waals surface area contributed by atoms with Crippen LogP contribution in [0.15, 0.2) is 412 Å². The average Bonchev–Trinajstić information content (AvgIpc) is 1.41. The van der Waals surface area contributed by atoms with Gasteiger partial charge < -0.3 is 40.2 Å². The molecule has 0 unspecified atom stereocenters. The van der Waals surface area contributed by atoms with Crippen molar-refractivity contribution in [1.29, 1.82) is 0 Å². The Balaban J connectivity index is 0.000000112. The van der Waals surface area contributed by atoms with Crippen LogP contribution in [0, 0.1) is 0 Å². The minimum atomic E-state index is -1.53. The molecule has 4 aromatic heterocycles. The number of hydrogen-bond donors (Lipinski definition) is 8. The van der Waals surface area contributed by atoms with E-state index in [1.807, 2.05) is 121 Å². The van der Waals surface area contributed by atoms with Crippen molar-refractivity contribution in [3.8, 4) is 111 Å². The summed E-state index contributed by atoms with van der Waals surface area (Å²) in [6.07, 6.45) is 0. The van der Waals surface area contributed by atoms with Crippen LogP contribution < -0.4 is 21.9 Å². The molecule has 0 spiro atoms. The molecule has 0 aliphatic carbocycles. The number of benzene rings is 18. The fraction of sp³-hybridized carbons (Fsp3) is 0. The molecule has 8 N–H and O–H groups in total. The Hall–Kier alpha value is -13.2. The van der Waals surface area contributed by atoms with Crippen LogP contribution in [-0.4, -0.2) is 68.7 Å². The van der Waals surface area contributed by atoms with Crippen molar-refractivity contribution in [3.63, 3.8) is 0 Å². The maximum Gasteiger partial charge on any atom is 0.488 e. The topological polar surface area (TPSA) is 162 Å². The molecule has 0 saturated carbocycles. The lowest BCUT2D eigenvalue weighted by Gasteiger charge is -2.11. The van der Waals surface area contributed by atoms with Gasteiger partial charge in [-0.1, -0.05) is 406 Å². The van der Waals surface area contributed by atoms with E-state index in [1.54, 1.807) is 65.1 Å². The van der Waals surface area contributed by atoms with E-state index in [0.717, 1.165) is 64.7 Å². The Kier molecular flexibility index (Phi) is 21.5. The zero-order valence-corrected chi connectivity index (χ0v) is 69.7. The third kappa shape index (κ3) is 16.1. The molecule has 0 radical (unpaired) electrons. The van der Waals surface area contributed by atoms with Crippen LogP contribution in [-0.2, 0) is 0 Å². The normalized spacial score (nSPS) is 11.8. The van der Waals surface area contributed by atoms with Crippen LogP contribution in [0.4, 0.5) is 0 Å². The van der Waals surface area contributed by atoms with Crippen molar-refractivity contribution in [2.75, 3.05) is 0 Å². The quantitative estimate of drug-likeness (QED) is 0.0499. The molecule has 0 aliphatic rings. The predicted molar refractivity (Wildman–Crippen MR) is 531 cm³/mol. The standard InChI is InChI=1S/2C30H21BO2S.2C24H17BO2S/c32-31(33)24-13-5-12-23(19-24)26-15-7-17-28-27-16-6-14-25(29(27)34-30(26)28)22-11-4-10-21(18-22)20-8-2-1-3-9-20;32-31(33)22-12-6-11-21(19-22)24-15-7-17-27-28-18-8-16-26(30(28)34-29(24)27)25-14-5-4-13-23(25)20-9-2-1-3-10-20;2*26-25(27)18-14-12-17(13-15-18)20-9-5-11-22-21-10-4-8-19(23(21)28-24(20)22)16-6-2-1-3-7-16/h2*1-19,32-33H;2*1-15,26-27H/i;;1D,2D,3D,6D,7D;. The Morgan fingerprint density at radius 3 is 0.742 bits per heavy atom. The highest BCUT2D eigenvalue weighted by atomic mass is 32.1. The van der Waals surface area contributed by atoms with E-state index in [0.29, 0.717) is 27.4 Å². The fourth-order valence-corrected chi connectivity index (χ4v) is 22.0. The van der Waals surface area contributed by atoms with Gasteiger partial charge in [-0.05, 0) is 134 Å². The third-order valence-corrected chi connectivity index (χ3v) is 27.7. The second-order valence-electron chi connectivity index (χ2n) is 30.1. The monoisotopic (exact) mass is 1680 g/mol. The highest BCUT2D eigenvalue weighted by Crippen LogP contribution is 2.50. The first-order valence-electron chi connectivity index (χ1n) is 43.0. The summed E-state index contributed by atoms with van der Waals surface area (Å²) in [4.78, 5) is 0. The second-order valence-corrected chi connectivity index (χ2v) is 34.2. The molecule has 592 valence electrons. The van der Waals surface area contributed by atoms with Crippen LogP contribution in [0.3, 0.4) is 0 Å². The van der Waals surface area contributed by atoms with Crippen LogP contribution in [0.2, 0.25) is 0 Å². The van der Waals surface area contributed by atoms with Crippen molar-refractivity contribution in [2.24, 2.45) is 0 Å². The molecule has 124 heavy (non-hydrogen) atoms. The van der Waals surface area contributed by atoms with E-state index >= 15 is 0 Å². The van der Waals surface area contributed by atoms with Gasteiger partial charge in [-0.2, -0.15) is 0 Å². The fourth-order valence-electron chi connectivity index (χ4n) is 16.5. The molecule has 22 rings (SSSR count). The number of rotatable bonds is 14. The van der Waals surface area contributed by atoms with Crippen LogP contribution in [0.25, 0.3) is 192 Å². The van der Waals surface area contributed by atoms with Gasteiger partial charge in [0.25, 0.3) is 0 Å². The zero-order chi connectivity index (χ0) is 88.7. The van der Waals surface area contributed by atoms with Gasteiger partial charge in [0.15, 0.2) is 0 Å². The molecule has 0 bridgehead atoms. The molecule has 0 aliphatic heterocycles.